The zero-order valence-corrected chi connectivity index (χ0v) is 10.9. The highest BCUT2D eigenvalue weighted by molar-refractivity contribution is 5.44. The average molecular weight is 269 g/mol. The number of aliphatic hydroxyl groups excluding tert-OH is 1. The summed E-state index contributed by atoms with van der Waals surface area (Å²) in [4.78, 5) is 16.6. The lowest BCUT2D eigenvalue weighted by Crippen LogP contribution is -2.38. The van der Waals surface area contributed by atoms with Gasteiger partial charge < -0.3 is 19.6 Å². The van der Waals surface area contributed by atoms with Crippen molar-refractivity contribution in [2.24, 2.45) is 5.84 Å². The van der Waals surface area contributed by atoms with E-state index in [1.54, 1.807) is 11.9 Å². The van der Waals surface area contributed by atoms with Gasteiger partial charge in [-0.2, -0.15) is 15.0 Å². The van der Waals surface area contributed by atoms with Gasteiger partial charge in [-0.15, -0.1) is 0 Å². The highest BCUT2D eigenvalue weighted by Gasteiger charge is 2.17. The summed E-state index contributed by atoms with van der Waals surface area (Å²) in [5.41, 5.74) is 2.43. The van der Waals surface area contributed by atoms with Crippen molar-refractivity contribution in [2.75, 3.05) is 61.7 Å². The number of likely N-dealkylation sites (N-methyl/N-ethyl adjacent to an activating group) is 1. The van der Waals surface area contributed by atoms with Crippen molar-refractivity contribution in [3.05, 3.63) is 0 Å². The molecule has 106 valence electrons. The molecule has 0 aliphatic carbocycles. The first-order valence-electron chi connectivity index (χ1n) is 6.12. The number of nitrogens with zero attached hydrogens (tertiary/aromatic N) is 5. The number of hydrogen-bond donors (Lipinski definition) is 3. The Kier molecular flexibility index (Phi) is 4.66. The summed E-state index contributed by atoms with van der Waals surface area (Å²) in [7, 11) is 1.80. The van der Waals surface area contributed by atoms with Crippen LogP contribution in [0.15, 0.2) is 0 Å². The molecular weight excluding hydrogens is 250 g/mol. The van der Waals surface area contributed by atoms with Gasteiger partial charge >= 0.3 is 0 Å². The molecule has 1 fully saturated rings. The van der Waals surface area contributed by atoms with Crippen molar-refractivity contribution in [1.82, 2.24) is 15.0 Å². The van der Waals surface area contributed by atoms with Crippen molar-refractivity contribution in [3.63, 3.8) is 0 Å². The molecule has 0 unspecified atom stereocenters. The van der Waals surface area contributed by atoms with Crippen LogP contribution < -0.4 is 21.1 Å². The Labute approximate surface area is 111 Å². The van der Waals surface area contributed by atoms with Crippen LogP contribution in [-0.2, 0) is 4.74 Å². The summed E-state index contributed by atoms with van der Waals surface area (Å²) in [5, 5.41) is 8.96. The second kappa shape index (κ2) is 6.45. The number of morpholine rings is 1. The third kappa shape index (κ3) is 3.40. The fraction of sp³-hybridized carbons (Fsp3) is 0.700. The molecule has 0 spiro atoms. The molecule has 9 heteroatoms. The lowest BCUT2D eigenvalue weighted by Gasteiger charge is -2.27. The van der Waals surface area contributed by atoms with Crippen LogP contribution in [0.3, 0.4) is 0 Å². The maximum Gasteiger partial charge on any atom is 0.243 e. The number of nitrogens with one attached hydrogen (secondary N) is 1. The van der Waals surface area contributed by atoms with Crippen molar-refractivity contribution in [1.29, 1.82) is 0 Å². The van der Waals surface area contributed by atoms with E-state index in [-0.39, 0.29) is 6.61 Å². The Morgan fingerprint density at radius 3 is 2.74 bits per heavy atom. The summed E-state index contributed by atoms with van der Waals surface area (Å²) < 4.78 is 5.30. The molecule has 1 aromatic rings. The van der Waals surface area contributed by atoms with Gasteiger partial charge in [-0.1, -0.05) is 0 Å². The first-order chi connectivity index (χ1) is 9.24. The predicted octanol–water partition coefficient (Wildman–Crippen LogP) is -1.58. The fourth-order valence-electron chi connectivity index (χ4n) is 1.74. The highest BCUT2D eigenvalue weighted by atomic mass is 16.5. The zero-order valence-electron chi connectivity index (χ0n) is 10.9. The van der Waals surface area contributed by atoms with Crippen molar-refractivity contribution in [2.45, 2.75) is 0 Å². The van der Waals surface area contributed by atoms with Crippen molar-refractivity contribution in [3.8, 4) is 0 Å². The van der Waals surface area contributed by atoms with Gasteiger partial charge in [0.05, 0.1) is 19.8 Å². The third-order valence-corrected chi connectivity index (χ3v) is 2.81. The first-order valence-corrected chi connectivity index (χ1v) is 6.12. The molecule has 9 nitrogen and oxygen atoms in total. The standard InChI is InChI=1S/C10H19N7O2/c1-16(2-5-18)9-12-8(15-11)13-10(14-9)17-3-6-19-7-4-17/h18H,2-7,11H2,1H3,(H,12,13,14,15). The zero-order chi connectivity index (χ0) is 13.7. The molecule has 1 aromatic heterocycles. The number of nitrogen functional groups attached to an aromatic ring is 1. The Balaban J connectivity index is 2.24. The SMILES string of the molecule is CN(CCO)c1nc(NN)nc(N2CCOCC2)n1. The molecule has 0 amide bonds. The maximum absolute atomic E-state index is 8.96. The van der Waals surface area contributed by atoms with Gasteiger partial charge in [-0.3, -0.25) is 5.43 Å². The van der Waals surface area contributed by atoms with E-state index in [9.17, 15) is 0 Å². The van der Waals surface area contributed by atoms with Crippen molar-refractivity contribution < 1.29 is 9.84 Å². The Morgan fingerprint density at radius 2 is 2.11 bits per heavy atom. The number of aliphatic hydroxyl groups is 1. The maximum atomic E-state index is 8.96. The molecule has 2 rings (SSSR count). The number of hydrogen-bond acceptors (Lipinski definition) is 9. The molecule has 0 bridgehead atoms. The van der Waals surface area contributed by atoms with Crippen LogP contribution in [0.5, 0.6) is 0 Å². The Bertz CT molecular complexity index is 411. The van der Waals surface area contributed by atoms with Gasteiger partial charge in [0, 0.05) is 26.7 Å². The molecule has 1 aliphatic heterocycles. The lowest BCUT2D eigenvalue weighted by molar-refractivity contribution is 0.122. The molecule has 1 aliphatic rings. The summed E-state index contributed by atoms with van der Waals surface area (Å²) in [6.07, 6.45) is 0. The van der Waals surface area contributed by atoms with Gasteiger partial charge in [0.15, 0.2) is 0 Å². The van der Waals surface area contributed by atoms with E-state index >= 15 is 0 Å². The number of hydrazine groups is 1. The lowest BCUT2D eigenvalue weighted by atomic mass is 10.4. The molecule has 0 radical (unpaired) electrons. The van der Waals surface area contributed by atoms with Crippen LogP contribution in [0.4, 0.5) is 17.8 Å². The summed E-state index contributed by atoms with van der Waals surface area (Å²) in [6.45, 7) is 3.24. The van der Waals surface area contributed by atoms with Gasteiger partial charge in [0.2, 0.25) is 17.8 Å². The minimum Gasteiger partial charge on any atom is -0.395 e. The number of nitrogens with two attached hydrogens (primary N) is 1. The summed E-state index contributed by atoms with van der Waals surface area (Å²) in [5.74, 6) is 6.71. The molecule has 1 saturated heterocycles. The van der Waals surface area contributed by atoms with Crippen LogP contribution in [0, 0.1) is 0 Å². The van der Waals surface area contributed by atoms with E-state index in [2.05, 4.69) is 20.4 Å². The topological polar surface area (TPSA) is 113 Å². The van der Waals surface area contributed by atoms with E-state index in [4.69, 9.17) is 15.7 Å². The molecule has 4 N–H and O–H groups in total. The highest BCUT2D eigenvalue weighted by Crippen LogP contribution is 2.16. The van der Waals surface area contributed by atoms with Gasteiger partial charge in [-0.05, 0) is 0 Å². The van der Waals surface area contributed by atoms with Crippen LogP contribution >= 0.6 is 0 Å². The second-order valence-corrected chi connectivity index (χ2v) is 4.15. The molecular formula is C10H19N7O2. The van der Waals surface area contributed by atoms with Crippen LogP contribution in [-0.4, -0.2) is 66.6 Å². The minimum atomic E-state index is 0.0282. The first kappa shape index (κ1) is 13.7. The smallest absolute Gasteiger partial charge is 0.243 e. The molecule has 19 heavy (non-hydrogen) atoms. The predicted molar refractivity (Wildman–Crippen MR) is 71.0 cm³/mol. The Hall–Kier alpha value is -1.71. The largest absolute Gasteiger partial charge is 0.395 e. The molecule has 0 aromatic carbocycles. The fourth-order valence-corrected chi connectivity index (χ4v) is 1.74. The van der Waals surface area contributed by atoms with E-state index < -0.39 is 0 Å². The summed E-state index contributed by atoms with van der Waals surface area (Å²) >= 11 is 0. The monoisotopic (exact) mass is 269 g/mol. The van der Waals surface area contributed by atoms with E-state index in [0.29, 0.717) is 37.6 Å². The van der Waals surface area contributed by atoms with E-state index in [1.807, 2.05) is 4.90 Å². The Morgan fingerprint density at radius 1 is 1.37 bits per heavy atom. The molecule has 2 heterocycles. The number of aromatic nitrogens is 3. The van der Waals surface area contributed by atoms with Crippen molar-refractivity contribution >= 4 is 17.8 Å². The number of anilines is 3. The number of ether oxygens (including phenoxy) is 1. The van der Waals surface area contributed by atoms with Gasteiger partial charge in [0.25, 0.3) is 0 Å². The second-order valence-electron chi connectivity index (χ2n) is 4.15. The van der Waals surface area contributed by atoms with Gasteiger partial charge in [0.1, 0.15) is 0 Å². The van der Waals surface area contributed by atoms with Crippen LogP contribution in [0.1, 0.15) is 0 Å². The quantitative estimate of drug-likeness (QED) is 0.430. The molecule has 0 saturated carbocycles. The minimum absolute atomic E-state index is 0.0282. The number of rotatable bonds is 5. The van der Waals surface area contributed by atoms with E-state index in [0.717, 1.165) is 13.1 Å². The van der Waals surface area contributed by atoms with E-state index in [1.165, 1.54) is 0 Å². The average Bonchev–Trinajstić information content (AvgIpc) is 2.48. The third-order valence-electron chi connectivity index (χ3n) is 2.81. The normalized spacial score (nSPS) is 15.4. The van der Waals surface area contributed by atoms with Crippen LogP contribution in [0.25, 0.3) is 0 Å². The summed E-state index contributed by atoms with van der Waals surface area (Å²) in [6, 6.07) is 0. The molecule has 0 atom stereocenters. The van der Waals surface area contributed by atoms with Crippen LogP contribution in [0.2, 0.25) is 0 Å². The van der Waals surface area contributed by atoms with Gasteiger partial charge in [-0.25, -0.2) is 5.84 Å².